The van der Waals surface area contributed by atoms with Crippen LogP contribution < -0.4 is 10.9 Å². The van der Waals surface area contributed by atoms with Crippen molar-refractivity contribution in [1.29, 1.82) is 0 Å². The molecule has 2 N–H and O–H groups in total. The number of hydrogen-bond acceptors (Lipinski definition) is 2. The van der Waals surface area contributed by atoms with E-state index in [0.717, 1.165) is 33.2 Å². The second-order valence-corrected chi connectivity index (χ2v) is 7.13. The third kappa shape index (κ3) is 4.41. The quantitative estimate of drug-likeness (QED) is 0.411. The molecule has 0 atom stereocenters. The van der Waals surface area contributed by atoms with Crippen LogP contribution in [0.5, 0.6) is 0 Å². The SMILES string of the molecule is CC=C(NNC(=O)Cc1cccc2ccccc12)c1ccc(-c2ccccc2)cc1. The summed E-state index contributed by atoms with van der Waals surface area (Å²) in [6.45, 7) is 1.95. The highest BCUT2D eigenvalue weighted by Gasteiger charge is 2.08. The number of amides is 1. The number of allylic oxidation sites excluding steroid dienone is 1. The lowest BCUT2D eigenvalue weighted by atomic mass is 10.0. The van der Waals surface area contributed by atoms with Gasteiger partial charge in [-0.3, -0.25) is 15.6 Å². The van der Waals surface area contributed by atoms with Gasteiger partial charge in [0.1, 0.15) is 0 Å². The molecule has 0 fully saturated rings. The largest absolute Gasteiger partial charge is 0.298 e. The Morgan fingerprint density at radius 2 is 1.40 bits per heavy atom. The van der Waals surface area contributed by atoms with Crippen molar-refractivity contribution in [2.24, 2.45) is 0 Å². The van der Waals surface area contributed by atoms with Crippen molar-refractivity contribution < 1.29 is 4.79 Å². The van der Waals surface area contributed by atoms with Gasteiger partial charge in [0.2, 0.25) is 5.91 Å². The summed E-state index contributed by atoms with van der Waals surface area (Å²) < 4.78 is 0. The van der Waals surface area contributed by atoms with Gasteiger partial charge in [-0.25, -0.2) is 0 Å². The number of rotatable bonds is 6. The predicted molar refractivity (Wildman–Crippen MR) is 124 cm³/mol. The van der Waals surface area contributed by atoms with Gasteiger partial charge in [-0.05, 0) is 39.9 Å². The molecule has 4 aromatic rings. The van der Waals surface area contributed by atoms with Gasteiger partial charge in [-0.2, -0.15) is 0 Å². The molecule has 0 bridgehead atoms. The Labute approximate surface area is 177 Å². The number of nitrogens with one attached hydrogen (secondary N) is 2. The summed E-state index contributed by atoms with van der Waals surface area (Å²) in [5.74, 6) is -0.0772. The van der Waals surface area contributed by atoms with E-state index in [4.69, 9.17) is 0 Å². The maximum atomic E-state index is 12.5. The average Bonchev–Trinajstić information content (AvgIpc) is 2.81. The molecule has 0 aliphatic heterocycles. The van der Waals surface area contributed by atoms with E-state index < -0.39 is 0 Å². The number of fused-ring (bicyclic) bond motifs is 1. The maximum Gasteiger partial charge on any atom is 0.242 e. The van der Waals surface area contributed by atoms with Crippen LogP contribution in [0, 0.1) is 0 Å². The molecule has 1 amide bonds. The molecule has 148 valence electrons. The minimum Gasteiger partial charge on any atom is -0.298 e. The zero-order valence-corrected chi connectivity index (χ0v) is 16.9. The van der Waals surface area contributed by atoms with Gasteiger partial charge in [0.05, 0.1) is 12.1 Å². The smallest absolute Gasteiger partial charge is 0.242 e. The molecule has 4 rings (SSSR count). The molecule has 0 unspecified atom stereocenters. The minimum atomic E-state index is -0.0772. The number of carbonyl (C=O) groups is 1. The summed E-state index contributed by atoms with van der Waals surface area (Å²) >= 11 is 0. The Hall–Kier alpha value is -3.85. The zero-order chi connectivity index (χ0) is 20.8. The summed E-state index contributed by atoms with van der Waals surface area (Å²) in [6.07, 6.45) is 2.27. The van der Waals surface area contributed by atoms with Crippen molar-refractivity contribution in [3.05, 3.63) is 114 Å². The topological polar surface area (TPSA) is 41.1 Å². The van der Waals surface area contributed by atoms with Crippen LogP contribution in [0.4, 0.5) is 0 Å². The third-order valence-corrected chi connectivity index (χ3v) is 5.16. The first-order chi connectivity index (χ1) is 14.7. The predicted octanol–water partition coefficient (Wildman–Crippen LogP) is 5.73. The maximum absolute atomic E-state index is 12.5. The van der Waals surface area contributed by atoms with Gasteiger partial charge in [0, 0.05) is 0 Å². The molecule has 0 heterocycles. The van der Waals surface area contributed by atoms with Crippen molar-refractivity contribution in [2.45, 2.75) is 13.3 Å². The molecule has 0 spiro atoms. The van der Waals surface area contributed by atoms with E-state index in [0.29, 0.717) is 6.42 Å². The molecule has 0 aromatic heterocycles. The molecule has 0 saturated heterocycles. The van der Waals surface area contributed by atoms with Crippen LogP contribution in [-0.2, 0) is 11.2 Å². The van der Waals surface area contributed by atoms with E-state index in [1.165, 1.54) is 5.56 Å². The van der Waals surface area contributed by atoms with Crippen LogP contribution in [-0.4, -0.2) is 5.91 Å². The van der Waals surface area contributed by atoms with Gasteiger partial charge >= 0.3 is 0 Å². The Morgan fingerprint density at radius 1 is 0.733 bits per heavy atom. The summed E-state index contributed by atoms with van der Waals surface area (Å²) in [6, 6.07) is 32.7. The summed E-state index contributed by atoms with van der Waals surface area (Å²) in [7, 11) is 0. The second-order valence-electron chi connectivity index (χ2n) is 7.13. The van der Waals surface area contributed by atoms with Crippen LogP contribution in [0.1, 0.15) is 18.1 Å². The van der Waals surface area contributed by atoms with E-state index in [-0.39, 0.29) is 5.91 Å². The van der Waals surface area contributed by atoms with Crippen molar-refractivity contribution in [3.8, 4) is 11.1 Å². The van der Waals surface area contributed by atoms with Crippen LogP contribution in [0.2, 0.25) is 0 Å². The van der Waals surface area contributed by atoms with Crippen molar-refractivity contribution in [3.63, 3.8) is 0 Å². The minimum absolute atomic E-state index is 0.0772. The Kier molecular flexibility index (Phi) is 5.90. The van der Waals surface area contributed by atoms with Crippen LogP contribution in [0.15, 0.2) is 103 Å². The molecule has 3 nitrogen and oxygen atoms in total. The number of hydrazine groups is 1. The first-order valence-corrected chi connectivity index (χ1v) is 10.1. The molecule has 0 aliphatic rings. The molecule has 3 heteroatoms. The van der Waals surface area contributed by atoms with Crippen molar-refractivity contribution in [2.75, 3.05) is 0 Å². The fraction of sp³-hybridized carbons (Fsp3) is 0.0741. The standard InChI is InChI=1S/C27H24N2O/c1-2-26(23-17-15-21(16-18-23)20-9-4-3-5-10-20)28-29-27(30)19-24-13-8-12-22-11-6-7-14-25(22)24/h2-18,28H,19H2,1H3,(H,29,30). The molecular formula is C27H24N2O. The molecule has 0 aliphatic carbocycles. The monoisotopic (exact) mass is 392 g/mol. The first kappa shape index (κ1) is 19.5. The highest BCUT2D eigenvalue weighted by atomic mass is 16.2. The van der Waals surface area contributed by atoms with Crippen molar-refractivity contribution in [1.82, 2.24) is 10.9 Å². The first-order valence-electron chi connectivity index (χ1n) is 10.1. The highest BCUT2D eigenvalue weighted by Crippen LogP contribution is 2.22. The Morgan fingerprint density at radius 3 is 2.17 bits per heavy atom. The van der Waals surface area contributed by atoms with Gasteiger partial charge in [-0.1, -0.05) is 103 Å². The van der Waals surface area contributed by atoms with E-state index in [1.807, 2.05) is 55.5 Å². The third-order valence-electron chi connectivity index (χ3n) is 5.16. The highest BCUT2D eigenvalue weighted by molar-refractivity contribution is 5.90. The summed E-state index contributed by atoms with van der Waals surface area (Å²) in [5.41, 5.74) is 11.1. The van der Waals surface area contributed by atoms with Gasteiger partial charge in [-0.15, -0.1) is 0 Å². The average molecular weight is 393 g/mol. The molecule has 30 heavy (non-hydrogen) atoms. The Balaban J connectivity index is 1.41. The number of benzene rings is 4. The normalized spacial score (nSPS) is 11.3. The molecule has 0 saturated carbocycles. The van der Waals surface area contributed by atoms with E-state index >= 15 is 0 Å². The van der Waals surface area contributed by atoms with Crippen LogP contribution in [0.25, 0.3) is 27.6 Å². The second kappa shape index (κ2) is 9.10. The summed E-state index contributed by atoms with van der Waals surface area (Å²) in [5, 5.41) is 2.25. The molecular weight excluding hydrogens is 368 g/mol. The molecule has 4 aromatic carbocycles. The molecule has 0 radical (unpaired) electrons. The number of carbonyl (C=O) groups excluding carboxylic acids is 1. The fourth-order valence-corrected chi connectivity index (χ4v) is 3.58. The fourth-order valence-electron chi connectivity index (χ4n) is 3.58. The zero-order valence-electron chi connectivity index (χ0n) is 16.9. The lowest BCUT2D eigenvalue weighted by Crippen LogP contribution is -2.37. The van der Waals surface area contributed by atoms with E-state index in [1.54, 1.807) is 0 Å². The summed E-state index contributed by atoms with van der Waals surface area (Å²) in [4.78, 5) is 12.5. The van der Waals surface area contributed by atoms with Crippen LogP contribution >= 0.6 is 0 Å². The Bertz CT molecular complexity index is 1170. The lowest BCUT2D eigenvalue weighted by molar-refractivity contribution is -0.121. The van der Waals surface area contributed by atoms with Gasteiger partial charge in [0.25, 0.3) is 0 Å². The lowest BCUT2D eigenvalue weighted by Gasteiger charge is -2.14. The van der Waals surface area contributed by atoms with Gasteiger partial charge < -0.3 is 0 Å². The van der Waals surface area contributed by atoms with Crippen molar-refractivity contribution >= 4 is 22.4 Å². The van der Waals surface area contributed by atoms with Gasteiger partial charge in [0.15, 0.2) is 0 Å². The number of hydrogen-bond donors (Lipinski definition) is 2. The van der Waals surface area contributed by atoms with E-state index in [2.05, 4.69) is 65.4 Å². The van der Waals surface area contributed by atoms with Crippen LogP contribution in [0.3, 0.4) is 0 Å². The van der Waals surface area contributed by atoms with E-state index in [9.17, 15) is 4.79 Å².